The molecule has 2 heterocycles. The summed E-state index contributed by atoms with van der Waals surface area (Å²) in [6.45, 7) is 12.5. The van der Waals surface area contributed by atoms with Crippen molar-refractivity contribution < 1.29 is 4.74 Å². The Balaban J connectivity index is 0.00000109. The Morgan fingerprint density at radius 3 is 2.28 bits per heavy atom. The molecule has 2 aromatic heterocycles. The summed E-state index contributed by atoms with van der Waals surface area (Å²) in [4.78, 5) is 9.64. The summed E-state index contributed by atoms with van der Waals surface area (Å²) in [7, 11) is 1.69. The summed E-state index contributed by atoms with van der Waals surface area (Å²) in [5.41, 5.74) is 6.17. The summed E-state index contributed by atoms with van der Waals surface area (Å²) < 4.78 is 5.43. The lowest BCUT2D eigenvalue weighted by molar-refractivity contribution is 0.412. The maximum Gasteiger partial charge on any atom is 0.123 e. The van der Waals surface area contributed by atoms with E-state index in [0.29, 0.717) is 5.92 Å². The molecule has 0 fully saturated rings. The summed E-state index contributed by atoms with van der Waals surface area (Å²) >= 11 is 0. The van der Waals surface area contributed by atoms with Crippen LogP contribution in [0.4, 0.5) is 0 Å². The van der Waals surface area contributed by atoms with Gasteiger partial charge in [-0.3, -0.25) is 4.98 Å². The van der Waals surface area contributed by atoms with Crippen LogP contribution >= 0.6 is 0 Å². The van der Waals surface area contributed by atoms with E-state index in [1.54, 1.807) is 7.11 Å². The van der Waals surface area contributed by atoms with Crippen molar-refractivity contribution in [2.75, 3.05) is 7.11 Å². The van der Waals surface area contributed by atoms with Gasteiger partial charge in [0.1, 0.15) is 5.75 Å². The molecule has 3 heteroatoms. The number of nitrogens with zero attached hydrogens (tertiary/aromatic N) is 2. The normalized spacial score (nSPS) is 10.6. The van der Waals surface area contributed by atoms with Crippen LogP contribution < -0.4 is 4.74 Å². The highest BCUT2D eigenvalue weighted by Crippen LogP contribution is 2.30. The maximum atomic E-state index is 5.43. The summed E-state index contributed by atoms with van der Waals surface area (Å²) in [5, 5.41) is 1.16. The van der Waals surface area contributed by atoms with Gasteiger partial charge in [0.15, 0.2) is 0 Å². The molecule has 3 rings (SSSR count). The molecule has 0 N–H and O–H groups in total. The van der Waals surface area contributed by atoms with E-state index in [0.717, 1.165) is 39.3 Å². The van der Waals surface area contributed by atoms with E-state index in [1.807, 2.05) is 26.0 Å². The number of hydrogen-bond acceptors (Lipinski definition) is 3. The highest BCUT2D eigenvalue weighted by Gasteiger charge is 2.11. The first kappa shape index (κ1) is 18.9. The van der Waals surface area contributed by atoms with Crippen LogP contribution in [0.5, 0.6) is 5.75 Å². The van der Waals surface area contributed by atoms with Crippen LogP contribution in [0.1, 0.15) is 50.4 Å². The maximum absolute atomic E-state index is 5.43. The minimum absolute atomic E-state index is 0.401. The third-order valence-corrected chi connectivity index (χ3v) is 4.24. The Morgan fingerprint density at radius 2 is 1.64 bits per heavy atom. The standard InChI is InChI=1S/C20H22N2O.C2H6/c1-12(2)16-7-6-8-17(21-16)18-11-13(3)15-9-10-19(23-5)14(4)20(15)22-18;1-2/h6-12H,1-5H3;1-2H3. The topological polar surface area (TPSA) is 35.0 Å². The van der Waals surface area contributed by atoms with Crippen LogP contribution in [0.15, 0.2) is 36.4 Å². The number of pyridine rings is 2. The molecular formula is C22H28N2O. The quantitative estimate of drug-likeness (QED) is 0.582. The van der Waals surface area contributed by atoms with Gasteiger partial charge in [-0.1, -0.05) is 33.8 Å². The van der Waals surface area contributed by atoms with Crippen molar-refractivity contribution in [1.82, 2.24) is 9.97 Å². The van der Waals surface area contributed by atoms with Gasteiger partial charge in [0, 0.05) is 16.6 Å². The van der Waals surface area contributed by atoms with Crippen molar-refractivity contribution in [2.24, 2.45) is 0 Å². The minimum atomic E-state index is 0.401. The molecule has 0 saturated heterocycles. The highest BCUT2D eigenvalue weighted by atomic mass is 16.5. The van der Waals surface area contributed by atoms with Crippen molar-refractivity contribution >= 4 is 10.9 Å². The van der Waals surface area contributed by atoms with Crippen molar-refractivity contribution in [3.8, 4) is 17.1 Å². The first-order chi connectivity index (χ1) is 12.0. The van der Waals surface area contributed by atoms with Gasteiger partial charge >= 0.3 is 0 Å². The van der Waals surface area contributed by atoms with E-state index in [2.05, 4.69) is 52.0 Å². The van der Waals surface area contributed by atoms with Gasteiger partial charge in [0.25, 0.3) is 0 Å². The highest BCUT2D eigenvalue weighted by molar-refractivity contribution is 5.88. The van der Waals surface area contributed by atoms with Gasteiger partial charge in [-0.25, -0.2) is 4.98 Å². The number of aryl methyl sites for hydroxylation is 2. The van der Waals surface area contributed by atoms with Crippen molar-refractivity contribution in [2.45, 2.75) is 47.5 Å². The van der Waals surface area contributed by atoms with Crippen molar-refractivity contribution in [3.63, 3.8) is 0 Å². The summed E-state index contributed by atoms with van der Waals surface area (Å²) in [6.07, 6.45) is 0. The second kappa shape index (κ2) is 8.11. The molecule has 0 amide bonds. The first-order valence-electron chi connectivity index (χ1n) is 8.93. The molecule has 0 saturated carbocycles. The van der Waals surface area contributed by atoms with E-state index in [-0.39, 0.29) is 0 Å². The second-order valence-electron chi connectivity index (χ2n) is 6.22. The summed E-state index contributed by atoms with van der Waals surface area (Å²) in [6, 6.07) is 12.3. The Hall–Kier alpha value is -2.42. The molecule has 0 aliphatic carbocycles. The minimum Gasteiger partial charge on any atom is -0.496 e. The largest absolute Gasteiger partial charge is 0.496 e. The number of methoxy groups -OCH3 is 1. The van der Waals surface area contributed by atoms with Crippen LogP contribution in [-0.4, -0.2) is 17.1 Å². The number of aromatic nitrogens is 2. The Bertz CT molecular complexity index is 869. The molecule has 132 valence electrons. The molecule has 3 nitrogen and oxygen atoms in total. The lowest BCUT2D eigenvalue weighted by atomic mass is 10.0. The van der Waals surface area contributed by atoms with Crippen LogP contribution in [0.25, 0.3) is 22.3 Å². The molecule has 0 atom stereocenters. The molecule has 0 unspecified atom stereocenters. The third-order valence-electron chi connectivity index (χ3n) is 4.24. The number of rotatable bonds is 3. The average molecular weight is 336 g/mol. The van der Waals surface area contributed by atoms with E-state index in [1.165, 1.54) is 5.56 Å². The lowest BCUT2D eigenvalue weighted by Crippen LogP contribution is -1.98. The SMILES string of the molecule is CC.COc1ccc2c(C)cc(-c3cccc(C(C)C)n3)nc2c1C. The van der Waals surface area contributed by atoms with Crippen LogP contribution in [0, 0.1) is 13.8 Å². The molecule has 25 heavy (non-hydrogen) atoms. The second-order valence-corrected chi connectivity index (χ2v) is 6.22. The van der Waals surface area contributed by atoms with Crippen molar-refractivity contribution in [1.29, 1.82) is 0 Å². The van der Waals surface area contributed by atoms with E-state index >= 15 is 0 Å². The predicted molar refractivity (Wildman–Crippen MR) is 106 cm³/mol. The Kier molecular flexibility index (Phi) is 6.13. The molecule has 0 aliphatic rings. The van der Waals surface area contributed by atoms with Crippen LogP contribution in [0.3, 0.4) is 0 Å². The molecule has 3 aromatic rings. The van der Waals surface area contributed by atoms with Crippen LogP contribution in [0.2, 0.25) is 0 Å². The molecule has 1 aromatic carbocycles. The zero-order chi connectivity index (χ0) is 18.6. The number of benzene rings is 1. The Morgan fingerprint density at radius 1 is 0.920 bits per heavy atom. The van der Waals surface area contributed by atoms with Crippen LogP contribution in [-0.2, 0) is 0 Å². The molecule has 0 spiro atoms. The average Bonchev–Trinajstić information content (AvgIpc) is 2.64. The lowest BCUT2D eigenvalue weighted by Gasteiger charge is -2.12. The zero-order valence-corrected chi connectivity index (χ0v) is 16.3. The predicted octanol–water partition coefficient (Wildman–Crippen LogP) is 6.07. The fourth-order valence-corrected chi connectivity index (χ4v) is 2.85. The fraction of sp³-hybridized carbons (Fsp3) is 0.364. The smallest absolute Gasteiger partial charge is 0.123 e. The zero-order valence-electron chi connectivity index (χ0n) is 16.3. The molecule has 0 radical (unpaired) electrons. The van der Waals surface area contributed by atoms with E-state index < -0.39 is 0 Å². The van der Waals surface area contributed by atoms with E-state index in [9.17, 15) is 0 Å². The van der Waals surface area contributed by atoms with Gasteiger partial charge in [-0.15, -0.1) is 0 Å². The van der Waals surface area contributed by atoms with Gasteiger partial charge in [-0.2, -0.15) is 0 Å². The molecule has 0 bridgehead atoms. The first-order valence-corrected chi connectivity index (χ1v) is 8.93. The van der Waals surface area contributed by atoms with Crippen molar-refractivity contribution in [3.05, 3.63) is 53.2 Å². The summed E-state index contributed by atoms with van der Waals surface area (Å²) in [5.74, 6) is 1.27. The number of hydrogen-bond donors (Lipinski definition) is 0. The van der Waals surface area contributed by atoms with E-state index in [4.69, 9.17) is 14.7 Å². The third kappa shape index (κ3) is 3.81. The van der Waals surface area contributed by atoms with Gasteiger partial charge in [0.2, 0.25) is 0 Å². The fourth-order valence-electron chi connectivity index (χ4n) is 2.85. The molecular weight excluding hydrogens is 308 g/mol. The Labute approximate surface area is 151 Å². The van der Waals surface area contributed by atoms with Gasteiger partial charge in [0.05, 0.1) is 24.0 Å². The van der Waals surface area contributed by atoms with Gasteiger partial charge < -0.3 is 4.74 Å². The monoisotopic (exact) mass is 336 g/mol. The molecule has 0 aliphatic heterocycles. The number of fused-ring (bicyclic) bond motifs is 1. The number of ether oxygens (including phenoxy) is 1. The van der Waals surface area contributed by atoms with Gasteiger partial charge in [-0.05, 0) is 55.7 Å².